The Morgan fingerprint density at radius 2 is 1.00 bits per heavy atom. The molecule has 0 aliphatic carbocycles. The number of fused-ring (bicyclic) bond motifs is 2. The molecule has 0 spiro atoms. The quantitative estimate of drug-likeness (QED) is 0.239. The van der Waals surface area contributed by atoms with E-state index in [0.717, 1.165) is 0 Å². The summed E-state index contributed by atoms with van der Waals surface area (Å²) in [6.07, 6.45) is 0. The summed E-state index contributed by atoms with van der Waals surface area (Å²) in [6.45, 7) is 8.50. The molecule has 0 aliphatic rings. The van der Waals surface area contributed by atoms with Crippen LogP contribution in [-0.4, -0.2) is 3.21 Å². The second kappa shape index (κ2) is 12.4. The zero-order valence-electron chi connectivity index (χ0n) is 15.7. The Balaban J connectivity index is 0.000000378. The standard InChI is InChI=1S/2C10H9.C3H6.2ClH.Zr/c2*1-8-6-9-4-2-3-5-10(9)7-8;1-3-2;;;/h2*2-7H,1H3;1-2H3;2*1H;/q2*-1;;;;+2. The zero-order chi connectivity index (χ0) is 17.5. The maximum Gasteiger partial charge on any atom is -0.0579 e. The van der Waals surface area contributed by atoms with Crippen LogP contribution in [0.15, 0.2) is 72.8 Å². The summed E-state index contributed by atoms with van der Waals surface area (Å²) in [7, 11) is 0. The van der Waals surface area contributed by atoms with E-state index in [2.05, 4.69) is 100 Å². The van der Waals surface area contributed by atoms with Crippen molar-refractivity contribution >= 4 is 49.6 Å². The molecule has 3 heteroatoms. The fourth-order valence-corrected chi connectivity index (χ4v) is 2.61. The number of aryl methyl sites for hydroxylation is 2. The molecule has 0 radical (unpaired) electrons. The van der Waals surface area contributed by atoms with Crippen LogP contribution >= 0.6 is 24.8 Å². The van der Waals surface area contributed by atoms with Gasteiger partial charge in [-0.05, 0) is 0 Å². The molecule has 0 saturated carbocycles. The summed E-state index contributed by atoms with van der Waals surface area (Å²) in [4.78, 5) is 0. The van der Waals surface area contributed by atoms with Crippen molar-refractivity contribution in [2.45, 2.75) is 27.7 Å². The van der Waals surface area contributed by atoms with Gasteiger partial charge in [-0.25, -0.2) is 0 Å². The maximum atomic E-state index is 2.20. The number of hydrogen-bond donors (Lipinski definition) is 0. The van der Waals surface area contributed by atoms with Crippen LogP contribution in [-0.2, 0) is 24.2 Å². The summed E-state index contributed by atoms with van der Waals surface area (Å²) < 4.78 is 1.51. The van der Waals surface area contributed by atoms with Crippen LogP contribution in [0.5, 0.6) is 0 Å². The van der Waals surface area contributed by atoms with Gasteiger partial charge in [0.1, 0.15) is 0 Å². The molecule has 0 saturated heterocycles. The van der Waals surface area contributed by atoms with Gasteiger partial charge >= 0.3 is 41.3 Å². The molecule has 0 fully saturated rings. The number of halogens is 2. The van der Waals surface area contributed by atoms with Crippen LogP contribution in [0.2, 0.25) is 0 Å². The normalized spacial score (nSPS) is 9.15. The SMILES string of the molecule is C[C](C)=[Zr+2].Cc1cc2ccccc2[cH-]1.Cc1cc2ccccc2[cH-]1.Cl.Cl. The van der Waals surface area contributed by atoms with Gasteiger partial charge in [-0.3, -0.25) is 0 Å². The monoisotopic (exact) mass is 462 g/mol. The van der Waals surface area contributed by atoms with Crippen molar-refractivity contribution in [3.63, 3.8) is 0 Å². The minimum absolute atomic E-state index is 0. The molecule has 0 aromatic heterocycles. The van der Waals surface area contributed by atoms with E-state index < -0.39 is 0 Å². The Morgan fingerprint density at radius 3 is 1.31 bits per heavy atom. The van der Waals surface area contributed by atoms with Crippen molar-refractivity contribution in [2.24, 2.45) is 0 Å². The predicted molar refractivity (Wildman–Crippen MR) is 119 cm³/mol. The van der Waals surface area contributed by atoms with Crippen LogP contribution in [0.3, 0.4) is 0 Å². The van der Waals surface area contributed by atoms with Crippen molar-refractivity contribution in [3.05, 3.63) is 83.9 Å². The van der Waals surface area contributed by atoms with Crippen LogP contribution in [0.1, 0.15) is 25.0 Å². The third kappa shape index (κ3) is 8.13. The number of benzene rings is 2. The largest absolute Gasteiger partial charge is 0.165 e. The molecule has 136 valence electrons. The molecule has 0 heterocycles. The molecule has 4 aromatic rings. The van der Waals surface area contributed by atoms with Gasteiger partial charge in [0.25, 0.3) is 0 Å². The summed E-state index contributed by atoms with van der Waals surface area (Å²) >= 11 is 1.55. The van der Waals surface area contributed by atoms with E-state index in [9.17, 15) is 0 Å². The minimum atomic E-state index is 0. The number of hydrogen-bond acceptors (Lipinski definition) is 0. The van der Waals surface area contributed by atoms with Crippen LogP contribution in [0, 0.1) is 13.8 Å². The van der Waals surface area contributed by atoms with E-state index in [1.54, 1.807) is 24.2 Å². The summed E-state index contributed by atoms with van der Waals surface area (Å²) in [5.41, 5.74) is 2.70. The first kappa shape index (κ1) is 25.0. The smallest absolute Gasteiger partial charge is 0.0579 e. The van der Waals surface area contributed by atoms with Crippen molar-refractivity contribution in [3.8, 4) is 0 Å². The molecular formula is C23H26Cl2Zr. The molecule has 4 rings (SSSR count). The first-order valence-electron chi connectivity index (χ1n) is 8.21. The second-order valence-corrected chi connectivity index (χ2v) is 8.78. The van der Waals surface area contributed by atoms with Gasteiger partial charge in [0.05, 0.1) is 0 Å². The average molecular weight is 465 g/mol. The minimum Gasteiger partial charge on any atom is -0.165 e. The first-order chi connectivity index (χ1) is 11.5. The molecule has 0 amide bonds. The Hall–Kier alpha value is -1.01. The Morgan fingerprint density at radius 1 is 0.692 bits per heavy atom. The van der Waals surface area contributed by atoms with E-state index in [1.807, 2.05) is 0 Å². The molecule has 4 aromatic carbocycles. The molecule has 0 unspecified atom stereocenters. The van der Waals surface area contributed by atoms with Crippen molar-refractivity contribution in [2.75, 3.05) is 0 Å². The number of rotatable bonds is 0. The zero-order valence-corrected chi connectivity index (χ0v) is 19.8. The van der Waals surface area contributed by atoms with Gasteiger partial charge in [-0.1, -0.05) is 26.0 Å². The average Bonchev–Trinajstić information content (AvgIpc) is 3.07. The van der Waals surface area contributed by atoms with Gasteiger partial charge in [0, 0.05) is 0 Å². The van der Waals surface area contributed by atoms with Gasteiger partial charge in [0.2, 0.25) is 0 Å². The van der Waals surface area contributed by atoms with E-state index in [4.69, 9.17) is 0 Å². The molecule has 0 bridgehead atoms. The molecule has 0 nitrogen and oxygen atoms in total. The fourth-order valence-electron chi connectivity index (χ4n) is 2.61. The third-order valence-electron chi connectivity index (χ3n) is 3.52. The van der Waals surface area contributed by atoms with Crippen LogP contribution in [0.25, 0.3) is 21.5 Å². The van der Waals surface area contributed by atoms with Crippen molar-refractivity contribution in [1.29, 1.82) is 0 Å². The predicted octanol–water partition coefficient (Wildman–Crippen LogP) is 7.32. The van der Waals surface area contributed by atoms with Gasteiger partial charge < -0.3 is 0 Å². The van der Waals surface area contributed by atoms with Crippen molar-refractivity contribution in [1.82, 2.24) is 0 Å². The van der Waals surface area contributed by atoms with Crippen LogP contribution in [0.4, 0.5) is 0 Å². The van der Waals surface area contributed by atoms with Gasteiger partial charge in [-0.15, -0.1) is 106 Å². The van der Waals surface area contributed by atoms with E-state index in [0.29, 0.717) is 0 Å². The molecule has 0 N–H and O–H groups in total. The Kier molecular flexibility index (Phi) is 11.9. The molecular weight excluding hydrogens is 438 g/mol. The summed E-state index contributed by atoms with van der Waals surface area (Å²) in [5, 5.41) is 5.39. The van der Waals surface area contributed by atoms with E-state index in [-0.39, 0.29) is 24.8 Å². The van der Waals surface area contributed by atoms with Gasteiger partial charge in [0.15, 0.2) is 0 Å². The topological polar surface area (TPSA) is 0 Å². The van der Waals surface area contributed by atoms with E-state index >= 15 is 0 Å². The summed E-state index contributed by atoms with van der Waals surface area (Å²) in [5.74, 6) is 0. The Labute approximate surface area is 184 Å². The molecule has 26 heavy (non-hydrogen) atoms. The molecule has 0 atom stereocenters. The first-order valence-corrected chi connectivity index (χ1v) is 9.44. The van der Waals surface area contributed by atoms with Crippen molar-refractivity contribution < 1.29 is 24.2 Å². The Bertz CT molecular complexity index is 789. The fraction of sp³-hybridized carbons (Fsp3) is 0.174. The second-order valence-electron chi connectivity index (χ2n) is 6.32. The maximum absolute atomic E-state index is 2.20. The summed E-state index contributed by atoms with van der Waals surface area (Å²) in [6, 6.07) is 25.7. The van der Waals surface area contributed by atoms with Crippen LogP contribution < -0.4 is 0 Å². The van der Waals surface area contributed by atoms with Gasteiger partial charge in [-0.2, -0.15) is 12.1 Å². The molecule has 0 aliphatic heterocycles. The third-order valence-corrected chi connectivity index (χ3v) is 3.52. The van der Waals surface area contributed by atoms with E-state index in [1.165, 1.54) is 35.9 Å².